The zero-order chi connectivity index (χ0) is 11.8. The van der Waals surface area contributed by atoms with Crippen molar-refractivity contribution in [3.63, 3.8) is 0 Å². The predicted molar refractivity (Wildman–Crippen MR) is 67.9 cm³/mol. The summed E-state index contributed by atoms with van der Waals surface area (Å²) in [5, 5.41) is 5.31. The summed E-state index contributed by atoms with van der Waals surface area (Å²) in [5.41, 5.74) is 1.21. The van der Waals surface area contributed by atoms with Crippen LogP contribution in [0.5, 0.6) is 0 Å². The second kappa shape index (κ2) is 3.77. The number of fused-ring (bicyclic) bond motifs is 1. The maximum atomic E-state index is 11.5. The zero-order valence-corrected chi connectivity index (χ0v) is 9.68. The first kappa shape index (κ1) is 10.1. The van der Waals surface area contributed by atoms with Crippen molar-refractivity contribution in [3.8, 4) is 0 Å². The van der Waals surface area contributed by atoms with E-state index in [9.17, 15) is 4.79 Å². The molecule has 1 aliphatic rings. The number of likely N-dealkylation sites (N-methyl/N-ethyl adjacent to an activating group) is 1. The van der Waals surface area contributed by atoms with Crippen LogP contribution in [-0.2, 0) is 0 Å². The van der Waals surface area contributed by atoms with Crippen molar-refractivity contribution in [2.45, 2.75) is 6.04 Å². The molecule has 2 amide bonds. The highest BCUT2D eigenvalue weighted by molar-refractivity contribution is 5.87. The van der Waals surface area contributed by atoms with Crippen LogP contribution in [0, 0.1) is 0 Å². The number of benzene rings is 2. The van der Waals surface area contributed by atoms with Crippen LogP contribution < -0.4 is 5.32 Å². The summed E-state index contributed by atoms with van der Waals surface area (Å²) in [6.07, 6.45) is 0. The van der Waals surface area contributed by atoms with Crippen molar-refractivity contribution in [1.82, 2.24) is 10.2 Å². The maximum Gasteiger partial charge on any atom is 0.317 e. The van der Waals surface area contributed by atoms with Crippen LogP contribution in [0.2, 0.25) is 0 Å². The Bertz CT molecular complexity index is 574. The van der Waals surface area contributed by atoms with Gasteiger partial charge in [0.05, 0.1) is 6.04 Å². The van der Waals surface area contributed by atoms with Crippen molar-refractivity contribution in [3.05, 3.63) is 48.0 Å². The van der Waals surface area contributed by atoms with Crippen LogP contribution in [0.3, 0.4) is 0 Å². The number of hydrogen-bond acceptors (Lipinski definition) is 1. The van der Waals surface area contributed by atoms with Gasteiger partial charge in [0.1, 0.15) is 0 Å². The molecule has 0 aliphatic carbocycles. The lowest BCUT2D eigenvalue weighted by Gasteiger charge is -2.19. The molecular weight excluding hydrogens is 212 g/mol. The molecule has 0 saturated carbocycles. The normalized spacial score (nSPS) is 19.7. The van der Waals surface area contributed by atoms with E-state index in [2.05, 4.69) is 29.6 Å². The molecule has 0 radical (unpaired) electrons. The molecule has 1 aliphatic heterocycles. The van der Waals surface area contributed by atoms with Gasteiger partial charge in [0.2, 0.25) is 0 Å². The van der Waals surface area contributed by atoms with Crippen molar-refractivity contribution in [2.75, 3.05) is 13.6 Å². The number of nitrogens with zero attached hydrogens (tertiary/aromatic N) is 1. The standard InChI is InChI=1S/C14H14N2O/c1-16-13(9-15-14(16)17)12-8-4-6-10-5-2-3-7-11(10)12/h2-8,13H,9H2,1H3,(H,15,17). The number of amides is 2. The van der Waals surface area contributed by atoms with Crippen LogP contribution in [0.25, 0.3) is 10.8 Å². The van der Waals surface area contributed by atoms with Crippen molar-refractivity contribution in [1.29, 1.82) is 0 Å². The molecule has 0 aromatic heterocycles. The summed E-state index contributed by atoms with van der Waals surface area (Å²) in [6.45, 7) is 0.684. The van der Waals surface area contributed by atoms with E-state index in [1.165, 1.54) is 16.3 Å². The summed E-state index contributed by atoms with van der Waals surface area (Å²) in [6, 6.07) is 14.7. The molecule has 2 aromatic carbocycles. The molecule has 1 fully saturated rings. The van der Waals surface area contributed by atoms with E-state index in [1.54, 1.807) is 4.90 Å². The van der Waals surface area contributed by atoms with Gasteiger partial charge in [0.15, 0.2) is 0 Å². The monoisotopic (exact) mass is 226 g/mol. The van der Waals surface area contributed by atoms with E-state index in [1.807, 2.05) is 25.2 Å². The average molecular weight is 226 g/mol. The zero-order valence-electron chi connectivity index (χ0n) is 9.68. The molecule has 1 heterocycles. The third-order valence-corrected chi connectivity index (χ3v) is 3.42. The maximum absolute atomic E-state index is 11.5. The quantitative estimate of drug-likeness (QED) is 0.796. The molecule has 0 spiro atoms. The minimum absolute atomic E-state index is 0.00272. The molecule has 17 heavy (non-hydrogen) atoms. The Labute approximate surface area is 100 Å². The minimum Gasteiger partial charge on any atom is -0.336 e. The lowest BCUT2D eigenvalue weighted by molar-refractivity contribution is 0.217. The molecule has 0 bridgehead atoms. The highest BCUT2D eigenvalue weighted by Crippen LogP contribution is 2.29. The third kappa shape index (κ3) is 1.55. The number of nitrogens with one attached hydrogen (secondary N) is 1. The Kier molecular flexibility index (Phi) is 2.25. The second-order valence-corrected chi connectivity index (χ2v) is 4.38. The molecule has 1 saturated heterocycles. The van der Waals surface area contributed by atoms with Gasteiger partial charge in [-0.2, -0.15) is 0 Å². The molecule has 86 valence electrons. The van der Waals surface area contributed by atoms with Gasteiger partial charge in [-0.15, -0.1) is 0 Å². The highest BCUT2D eigenvalue weighted by atomic mass is 16.2. The number of urea groups is 1. The first-order valence-electron chi connectivity index (χ1n) is 5.75. The molecule has 1 atom stereocenters. The third-order valence-electron chi connectivity index (χ3n) is 3.42. The van der Waals surface area contributed by atoms with Crippen molar-refractivity contribution < 1.29 is 4.79 Å². The van der Waals surface area contributed by atoms with Crippen LogP contribution in [0.4, 0.5) is 4.79 Å². The smallest absolute Gasteiger partial charge is 0.317 e. The van der Waals surface area contributed by atoms with Gasteiger partial charge in [-0.3, -0.25) is 0 Å². The van der Waals surface area contributed by atoms with Crippen LogP contribution in [-0.4, -0.2) is 24.5 Å². The lowest BCUT2D eigenvalue weighted by atomic mass is 9.99. The Balaban J connectivity index is 2.15. The molecule has 3 nitrogen and oxygen atoms in total. The van der Waals surface area contributed by atoms with Gasteiger partial charge in [0.25, 0.3) is 0 Å². The van der Waals surface area contributed by atoms with E-state index in [0.29, 0.717) is 6.54 Å². The van der Waals surface area contributed by atoms with Crippen molar-refractivity contribution >= 4 is 16.8 Å². The van der Waals surface area contributed by atoms with Gasteiger partial charge in [-0.1, -0.05) is 42.5 Å². The topological polar surface area (TPSA) is 32.3 Å². The second-order valence-electron chi connectivity index (χ2n) is 4.38. The SMILES string of the molecule is CN1C(=O)NCC1c1cccc2ccccc12. The number of hydrogen-bond donors (Lipinski definition) is 1. The first-order chi connectivity index (χ1) is 8.27. The van der Waals surface area contributed by atoms with Gasteiger partial charge in [0, 0.05) is 13.6 Å². The fourth-order valence-electron chi connectivity index (χ4n) is 2.45. The molecule has 1 N–H and O–H groups in total. The minimum atomic E-state index is 0.00272. The largest absolute Gasteiger partial charge is 0.336 e. The number of rotatable bonds is 1. The van der Waals surface area contributed by atoms with Gasteiger partial charge in [-0.25, -0.2) is 4.79 Å². The van der Waals surface area contributed by atoms with E-state index < -0.39 is 0 Å². The van der Waals surface area contributed by atoms with Crippen LogP contribution >= 0.6 is 0 Å². The Morgan fingerprint density at radius 2 is 1.94 bits per heavy atom. The summed E-state index contributed by atoms with van der Waals surface area (Å²) >= 11 is 0. The predicted octanol–water partition coefficient (Wildman–Crippen LogP) is 2.54. The van der Waals surface area contributed by atoms with Crippen molar-refractivity contribution in [2.24, 2.45) is 0 Å². The van der Waals surface area contributed by atoms with E-state index in [0.717, 1.165) is 0 Å². The summed E-state index contributed by atoms with van der Waals surface area (Å²) < 4.78 is 0. The van der Waals surface area contributed by atoms with E-state index in [4.69, 9.17) is 0 Å². The molecule has 1 unspecified atom stereocenters. The van der Waals surface area contributed by atoms with Gasteiger partial charge < -0.3 is 10.2 Å². The summed E-state index contributed by atoms with van der Waals surface area (Å²) in [5.74, 6) is 0. The summed E-state index contributed by atoms with van der Waals surface area (Å²) in [4.78, 5) is 13.3. The molecule has 3 heteroatoms. The van der Waals surface area contributed by atoms with E-state index >= 15 is 0 Å². The molecule has 3 rings (SSSR count). The van der Waals surface area contributed by atoms with Crippen LogP contribution in [0.1, 0.15) is 11.6 Å². The first-order valence-corrected chi connectivity index (χ1v) is 5.75. The Morgan fingerprint density at radius 3 is 2.71 bits per heavy atom. The number of carbonyl (C=O) groups is 1. The number of carbonyl (C=O) groups excluding carboxylic acids is 1. The van der Waals surface area contributed by atoms with E-state index in [-0.39, 0.29) is 12.1 Å². The molecular formula is C14H14N2O. The Morgan fingerprint density at radius 1 is 1.18 bits per heavy atom. The van der Waals surface area contributed by atoms with Gasteiger partial charge >= 0.3 is 6.03 Å². The Hall–Kier alpha value is -2.03. The van der Waals surface area contributed by atoms with Gasteiger partial charge in [-0.05, 0) is 16.3 Å². The average Bonchev–Trinajstić information content (AvgIpc) is 2.69. The van der Waals surface area contributed by atoms with Crippen LogP contribution in [0.15, 0.2) is 42.5 Å². The molecule has 2 aromatic rings. The highest BCUT2D eigenvalue weighted by Gasteiger charge is 2.29. The fourth-order valence-corrected chi connectivity index (χ4v) is 2.45. The fraction of sp³-hybridized carbons (Fsp3) is 0.214. The summed E-state index contributed by atoms with van der Waals surface area (Å²) in [7, 11) is 1.84. The lowest BCUT2D eigenvalue weighted by Crippen LogP contribution is -2.25.